The fraction of sp³-hybridized carbons (Fsp3) is 0.105. The standard InChI is InChI=1S/C19H16ClN3O2/c1-12-3-2-4-16(9-12)22-17(24)10-14-11-21-18(23-19(14)25)13-5-7-15(20)8-6-13/h2-9,11H,10H2,1H3,(H,22,24)(H,21,23,25). The molecule has 0 aliphatic rings. The molecule has 0 spiro atoms. The number of rotatable bonds is 4. The quantitative estimate of drug-likeness (QED) is 0.752. The number of nitrogens with zero attached hydrogens (tertiary/aromatic N) is 1. The average Bonchev–Trinajstić information content (AvgIpc) is 2.57. The van der Waals surface area contributed by atoms with Gasteiger partial charge in [0.1, 0.15) is 5.82 Å². The minimum atomic E-state index is -0.334. The van der Waals surface area contributed by atoms with E-state index < -0.39 is 0 Å². The predicted molar refractivity (Wildman–Crippen MR) is 98.8 cm³/mol. The van der Waals surface area contributed by atoms with Gasteiger partial charge in [-0.15, -0.1) is 0 Å². The highest BCUT2D eigenvalue weighted by atomic mass is 35.5. The zero-order valence-electron chi connectivity index (χ0n) is 13.5. The first-order chi connectivity index (χ1) is 12.0. The Labute approximate surface area is 149 Å². The normalized spacial score (nSPS) is 10.5. The summed E-state index contributed by atoms with van der Waals surface area (Å²) in [4.78, 5) is 31.3. The van der Waals surface area contributed by atoms with Gasteiger partial charge in [-0.1, -0.05) is 23.7 Å². The van der Waals surface area contributed by atoms with Crippen molar-refractivity contribution in [2.24, 2.45) is 0 Å². The first-order valence-electron chi connectivity index (χ1n) is 7.72. The van der Waals surface area contributed by atoms with Crippen LogP contribution in [-0.2, 0) is 11.2 Å². The Balaban J connectivity index is 1.74. The lowest BCUT2D eigenvalue weighted by Gasteiger charge is -2.06. The van der Waals surface area contributed by atoms with E-state index in [-0.39, 0.29) is 17.9 Å². The van der Waals surface area contributed by atoms with Gasteiger partial charge in [0.05, 0.1) is 6.42 Å². The number of aromatic amines is 1. The monoisotopic (exact) mass is 353 g/mol. The van der Waals surface area contributed by atoms with Gasteiger partial charge in [-0.3, -0.25) is 9.59 Å². The molecule has 0 aliphatic heterocycles. The first-order valence-corrected chi connectivity index (χ1v) is 8.10. The maximum Gasteiger partial charge on any atom is 0.254 e. The largest absolute Gasteiger partial charge is 0.326 e. The summed E-state index contributed by atoms with van der Waals surface area (Å²) in [5.41, 5.74) is 2.47. The Morgan fingerprint density at radius 2 is 1.96 bits per heavy atom. The second-order valence-electron chi connectivity index (χ2n) is 5.69. The van der Waals surface area contributed by atoms with Crippen molar-refractivity contribution in [3.05, 3.63) is 81.2 Å². The number of amides is 1. The van der Waals surface area contributed by atoms with Gasteiger partial charge in [0.15, 0.2) is 0 Å². The van der Waals surface area contributed by atoms with E-state index in [0.29, 0.717) is 22.1 Å². The number of aromatic nitrogens is 2. The lowest BCUT2D eigenvalue weighted by Crippen LogP contribution is -2.22. The molecule has 2 aromatic carbocycles. The fourth-order valence-corrected chi connectivity index (χ4v) is 2.53. The number of H-pyrrole nitrogens is 1. The number of benzene rings is 2. The molecule has 0 bridgehead atoms. The SMILES string of the molecule is Cc1cccc(NC(=O)Cc2cnc(-c3ccc(Cl)cc3)[nH]c2=O)c1. The number of halogens is 1. The van der Waals surface area contributed by atoms with Crippen molar-refractivity contribution < 1.29 is 4.79 Å². The molecule has 0 saturated carbocycles. The first kappa shape index (κ1) is 16.9. The van der Waals surface area contributed by atoms with Crippen molar-refractivity contribution in [1.29, 1.82) is 0 Å². The summed E-state index contributed by atoms with van der Waals surface area (Å²) < 4.78 is 0. The number of hydrogen-bond donors (Lipinski definition) is 2. The fourth-order valence-electron chi connectivity index (χ4n) is 2.40. The smallest absolute Gasteiger partial charge is 0.254 e. The molecule has 0 aliphatic carbocycles. The summed E-state index contributed by atoms with van der Waals surface area (Å²) in [7, 11) is 0. The van der Waals surface area contributed by atoms with Gasteiger partial charge < -0.3 is 10.3 Å². The average molecular weight is 354 g/mol. The molecule has 126 valence electrons. The molecule has 3 aromatic rings. The summed E-state index contributed by atoms with van der Waals surface area (Å²) in [5, 5.41) is 3.38. The maximum absolute atomic E-state index is 12.2. The highest BCUT2D eigenvalue weighted by Crippen LogP contribution is 2.17. The van der Waals surface area contributed by atoms with Crippen LogP contribution in [0, 0.1) is 6.92 Å². The summed E-state index contributed by atoms with van der Waals surface area (Å²) in [6.45, 7) is 1.94. The van der Waals surface area contributed by atoms with Crippen LogP contribution in [0.15, 0.2) is 59.5 Å². The topological polar surface area (TPSA) is 74.8 Å². The summed E-state index contributed by atoms with van der Waals surface area (Å²) >= 11 is 5.85. The van der Waals surface area contributed by atoms with Crippen LogP contribution in [-0.4, -0.2) is 15.9 Å². The lowest BCUT2D eigenvalue weighted by atomic mass is 10.2. The predicted octanol–water partition coefficient (Wildman–Crippen LogP) is 3.58. The number of anilines is 1. The summed E-state index contributed by atoms with van der Waals surface area (Å²) in [6.07, 6.45) is 1.38. The molecule has 2 N–H and O–H groups in total. The zero-order chi connectivity index (χ0) is 17.8. The van der Waals surface area contributed by atoms with Crippen LogP contribution in [0.25, 0.3) is 11.4 Å². The van der Waals surface area contributed by atoms with Crippen LogP contribution >= 0.6 is 11.6 Å². The van der Waals surface area contributed by atoms with E-state index in [1.54, 1.807) is 30.3 Å². The molecule has 3 rings (SSSR count). The van der Waals surface area contributed by atoms with Crippen molar-refractivity contribution in [3.63, 3.8) is 0 Å². The molecular weight excluding hydrogens is 338 g/mol. The molecule has 0 saturated heterocycles. The van der Waals surface area contributed by atoms with Gasteiger partial charge in [-0.25, -0.2) is 4.98 Å². The molecule has 6 heteroatoms. The second kappa shape index (κ2) is 7.32. The Hall–Kier alpha value is -2.92. The van der Waals surface area contributed by atoms with E-state index >= 15 is 0 Å². The molecule has 1 aromatic heterocycles. The van der Waals surface area contributed by atoms with Crippen LogP contribution in [0.2, 0.25) is 5.02 Å². The van der Waals surface area contributed by atoms with E-state index in [0.717, 1.165) is 11.1 Å². The minimum absolute atomic E-state index is 0.0445. The van der Waals surface area contributed by atoms with E-state index in [4.69, 9.17) is 11.6 Å². The van der Waals surface area contributed by atoms with Gasteiger partial charge in [-0.05, 0) is 48.9 Å². The second-order valence-corrected chi connectivity index (χ2v) is 6.12. The number of carbonyl (C=O) groups is 1. The molecular formula is C19H16ClN3O2. The molecule has 1 amide bonds. The molecule has 0 radical (unpaired) electrons. The van der Waals surface area contributed by atoms with Crippen LogP contribution in [0.4, 0.5) is 5.69 Å². The molecule has 1 heterocycles. The van der Waals surface area contributed by atoms with E-state index in [2.05, 4.69) is 15.3 Å². The Morgan fingerprint density at radius 1 is 1.20 bits per heavy atom. The van der Waals surface area contributed by atoms with Gasteiger partial charge >= 0.3 is 0 Å². The lowest BCUT2D eigenvalue weighted by molar-refractivity contribution is -0.115. The van der Waals surface area contributed by atoms with E-state index in [9.17, 15) is 9.59 Å². The summed E-state index contributed by atoms with van der Waals surface area (Å²) in [5.74, 6) is 0.168. The van der Waals surface area contributed by atoms with Crippen molar-refractivity contribution >= 4 is 23.2 Å². The Morgan fingerprint density at radius 3 is 2.64 bits per heavy atom. The van der Waals surface area contributed by atoms with Crippen molar-refractivity contribution in [1.82, 2.24) is 9.97 Å². The Bertz CT molecular complexity index is 965. The highest BCUT2D eigenvalue weighted by molar-refractivity contribution is 6.30. The zero-order valence-corrected chi connectivity index (χ0v) is 14.3. The third-order valence-corrected chi connectivity index (χ3v) is 3.90. The van der Waals surface area contributed by atoms with Gasteiger partial charge in [0.2, 0.25) is 5.91 Å². The van der Waals surface area contributed by atoms with Crippen LogP contribution in [0.1, 0.15) is 11.1 Å². The third-order valence-electron chi connectivity index (χ3n) is 3.64. The molecule has 0 fully saturated rings. The van der Waals surface area contributed by atoms with Crippen molar-refractivity contribution in [2.75, 3.05) is 5.32 Å². The molecule has 0 unspecified atom stereocenters. The number of aryl methyl sites for hydroxylation is 1. The Kier molecular flexibility index (Phi) is 4.95. The van der Waals surface area contributed by atoms with E-state index in [1.165, 1.54) is 6.20 Å². The number of nitrogens with one attached hydrogen (secondary N) is 2. The highest BCUT2D eigenvalue weighted by Gasteiger charge is 2.10. The number of carbonyl (C=O) groups excluding carboxylic acids is 1. The van der Waals surface area contributed by atoms with Gasteiger partial charge in [-0.2, -0.15) is 0 Å². The van der Waals surface area contributed by atoms with E-state index in [1.807, 2.05) is 25.1 Å². The maximum atomic E-state index is 12.2. The van der Waals surface area contributed by atoms with Crippen LogP contribution in [0.3, 0.4) is 0 Å². The number of hydrogen-bond acceptors (Lipinski definition) is 3. The minimum Gasteiger partial charge on any atom is -0.326 e. The summed E-state index contributed by atoms with van der Waals surface area (Å²) in [6, 6.07) is 14.5. The van der Waals surface area contributed by atoms with Gasteiger partial charge in [0, 0.05) is 28.0 Å². The van der Waals surface area contributed by atoms with Crippen LogP contribution in [0.5, 0.6) is 0 Å². The van der Waals surface area contributed by atoms with Crippen molar-refractivity contribution in [3.8, 4) is 11.4 Å². The van der Waals surface area contributed by atoms with Crippen LogP contribution < -0.4 is 10.9 Å². The molecule has 5 nitrogen and oxygen atoms in total. The van der Waals surface area contributed by atoms with Gasteiger partial charge in [0.25, 0.3) is 5.56 Å². The third kappa shape index (κ3) is 4.33. The van der Waals surface area contributed by atoms with Crippen molar-refractivity contribution in [2.45, 2.75) is 13.3 Å². The molecule has 25 heavy (non-hydrogen) atoms. The molecule has 0 atom stereocenters.